The molecule has 0 aliphatic rings. The van der Waals surface area contributed by atoms with Gasteiger partial charge in [0, 0.05) is 20.2 Å². The van der Waals surface area contributed by atoms with Crippen molar-refractivity contribution < 1.29 is 0 Å². The Kier molecular flexibility index (Phi) is 5.47. The van der Waals surface area contributed by atoms with E-state index in [2.05, 4.69) is 158 Å². The molecule has 0 saturated carbocycles. The zero-order chi connectivity index (χ0) is 28.3. The molecule has 0 fully saturated rings. The Morgan fingerprint density at radius 3 is 1.49 bits per heavy atom. The maximum atomic E-state index is 2.31. The Morgan fingerprint density at radius 2 is 0.837 bits per heavy atom. The lowest BCUT2D eigenvalue weighted by molar-refractivity contribution is 1.64. The molecule has 0 N–H and O–H groups in total. The summed E-state index contributed by atoms with van der Waals surface area (Å²) >= 11 is 1.90. The predicted octanol–water partition coefficient (Wildman–Crippen LogP) is 12.5. The van der Waals surface area contributed by atoms with Crippen LogP contribution >= 0.6 is 11.3 Å². The number of hydrogen-bond donors (Lipinski definition) is 0. The van der Waals surface area contributed by atoms with Gasteiger partial charge in [0.1, 0.15) is 0 Å². The van der Waals surface area contributed by atoms with E-state index < -0.39 is 0 Å². The number of rotatable bonds is 3. The Bertz CT molecular complexity index is 2420. The zero-order valence-electron chi connectivity index (χ0n) is 23.4. The quantitative estimate of drug-likeness (QED) is 0.188. The molecule has 0 amide bonds. The van der Waals surface area contributed by atoms with Crippen LogP contribution in [0, 0.1) is 0 Å². The van der Waals surface area contributed by atoms with E-state index in [9.17, 15) is 0 Å². The number of thiophene rings is 1. The fourth-order valence-electron chi connectivity index (χ4n) is 6.97. The van der Waals surface area contributed by atoms with Crippen LogP contribution in [0.25, 0.3) is 85.9 Å². The van der Waals surface area contributed by atoms with Crippen LogP contribution in [0.5, 0.6) is 0 Å². The van der Waals surface area contributed by atoms with Crippen molar-refractivity contribution in [2.75, 3.05) is 0 Å². The highest BCUT2D eigenvalue weighted by Crippen LogP contribution is 2.45. The van der Waals surface area contributed by atoms with Gasteiger partial charge in [0.2, 0.25) is 0 Å². The fraction of sp³-hybridized carbons (Fsp3) is 0. The highest BCUT2D eigenvalue weighted by molar-refractivity contribution is 7.26. The second-order valence-corrected chi connectivity index (χ2v) is 12.3. The van der Waals surface area contributed by atoms with E-state index in [0.717, 1.165) is 0 Å². The molecule has 0 saturated heterocycles. The lowest BCUT2D eigenvalue weighted by Gasteiger charge is -2.18. The van der Waals surface area contributed by atoms with Gasteiger partial charge < -0.3 is 0 Å². The van der Waals surface area contributed by atoms with Gasteiger partial charge in [0.05, 0.1) is 0 Å². The van der Waals surface area contributed by atoms with Crippen molar-refractivity contribution in [2.45, 2.75) is 0 Å². The Labute approximate surface area is 254 Å². The molecule has 1 heteroatoms. The second kappa shape index (κ2) is 9.66. The minimum Gasteiger partial charge on any atom is -0.135 e. The molecular weight excluding hydrogens is 537 g/mol. The van der Waals surface area contributed by atoms with E-state index in [4.69, 9.17) is 0 Å². The summed E-state index contributed by atoms with van der Waals surface area (Å²) in [6, 6.07) is 57.8. The van der Waals surface area contributed by atoms with Gasteiger partial charge in [-0.15, -0.1) is 11.3 Å². The van der Waals surface area contributed by atoms with Crippen LogP contribution < -0.4 is 0 Å². The third kappa shape index (κ3) is 3.75. The first-order chi connectivity index (χ1) is 21.3. The Morgan fingerprint density at radius 1 is 0.326 bits per heavy atom. The first-order valence-corrected chi connectivity index (χ1v) is 15.6. The van der Waals surface area contributed by atoms with Gasteiger partial charge in [0.15, 0.2) is 0 Å². The molecule has 43 heavy (non-hydrogen) atoms. The molecule has 200 valence electrons. The molecule has 0 spiro atoms. The first kappa shape index (κ1) is 24.4. The van der Waals surface area contributed by atoms with Crippen molar-refractivity contribution in [3.8, 4) is 33.4 Å². The average Bonchev–Trinajstić information content (AvgIpc) is 3.47. The summed E-state index contributed by atoms with van der Waals surface area (Å²) in [5, 5.41) is 10.5. The van der Waals surface area contributed by atoms with Crippen LogP contribution in [-0.4, -0.2) is 0 Å². The van der Waals surface area contributed by atoms with Crippen molar-refractivity contribution in [1.29, 1.82) is 0 Å². The summed E-state index contributed by atoms with van der Waals surface area (Å²) in [4.78, 5) is 0. The van der Waals surface area contributed by atoms with Gasteiger partial charge in [-0.05, 0) is 71.8 Å². The third-order valence-corrected chi connectivity index (χ3v) is 10.1. The Balaban J connectivity index is 1.25. The molecule has 9 rings (SSSR count). The second-order valence-electron chi connectivity index (χ2n) is 11.2. The predicted molar refractivity (Wildman–Crippen MR) is 188 cm³/mol. The molecule has 0 radical (unpaired) electrons. The van der Waals surface area contributed by atoms with Crippen LogP contribution in [0.1, 0.15) is 0 Å². The SMILES string of the molecule is c1ccc(-c2c3ccccc3c(-c3ccc(-c4cccc5c4sc4ccc6ccccc6c45)cc3)c3ccccc23)cc1. The van der Waals surface area contributed by atoms with Crippen LogP contribution in [0.4, 0.5) is 0 Å². The van der Waals surface area contributed by atoms with Gasteiger partial charge in [-0.1, -0.05) is 152 Å². The maximum Gasteiger partial charge on any atom is 0.0434 e. The fourth-order valence-corrected chi connectivity index (χ4v) is 8.22. The van der Waals surface area contributed by atoms with E-state index in [1.165, 1.54) is 85.9 Å². The van der Waals surface area contributed by atoms with Crippen molar-refractivity contribution in [2.24, 2.45) is 0 Å². The summed E-state index contributed by atoms with van der Waals surface area (Å²) in [5.74, 6) is 0. The van der Waals surface area contributed by atoms with Gasteiger partial charge in [-0.2, -0.15) is 0 Å². The van der Waals surface area contributed by atoms with E-state index in [1.807, 2.05) is 11.3 Å². The summed E-state index contributed by atoms with van der Waals surface area (Å²) < 4.78 is 2.69. The minimum absolute atomic E-state index is 1.24. The lowest BCUT2D eigenvalue weighted by Crippen LogP contribution is -1.90. The molecule has 9 aromatic rings. The maximum absolute atomic E-state index is 2.31. The summed E-state index contributed by atoms with van der Waals surface area (Å²) in [6.07, 6.45) is 0. The minimum atomic E-state index is 1.24. The van der Waals surface area contributed by atoms with Crippen LogP contribution in [-0.2, 0) is 0 Å². The Hall–Kier alpha value is -5.24. The monoisotopic (exact) mass is 562 g/mol. The van der Waals surface area contributed by atoms with E-state index in [0.29, 0.717) is 0 Å². The average molecular weight is 563 g/mol. The smallest absolute Gasteiger partial charge is 0.0434 e. The summed E-state index contributed by atoms with van der Waals surface area (Å²) in [7, 11) is 0. The van der Waals surface area contributed by atoms with Crippen molar-refractivity contribution in [3.63, 3.8) is 0 Å². The van der Waals surface area contributed by atoms with E-state index in [1.54, 1.807) is 0 Å². The van der Waals surface area contributed by atoms with Gasteiger partial charge in [0.25, 0.3) is 0 Å². The highest BCUT2D eigenvalue weighted by Gasteiger charge is 2.17. The number of hydrogen-bond acceptors (Lipinski definition) is 1. The van der Waals surface area contributed by atoms with E-state index >= 15 is 0 Å². The van der Waals surface area contributed by atoms with Crippen molar-refractivity contribution >= 4 is 63.8 Å². The molecule has 0 aliphatic carbocycles. The normalized spacial score (nSPS) is 11.7. The molecular formula is C42H26S. The van der Waals surface area contributed by atoms with Crippen LogP contribution in [0.2, 0.25) is 0 Å². The standard InChI is InChI=1S/C42H26S/c1-2-12-29(13-3-1)39-33-15-6-8-17-35(33)40(36-18-9-7-16-34(36)39)30-23-21-28(22-24-30)32-19-10-20-37-41-31-14-5-4-11-27(31)25-26-38(41)43-42(32)37/h1-26H. The molecule has 0 aliphatic heterocycles. The third-order valence-electron chi connectivity index (χ3n) is 8.87. The molecule has 0 unspecified atom stereocenters. The molecule has 8 aromatic carbocycles. The zero-order valence-corrected chi connectivity index (χ0v) is 24.2. The number of benzene rings is 8. The summed E-state index contributed by atoms with van der Waals surface area (Å²) in [6.45, 7) is 0. The lowest BCUT2D eigenvalue weighted by atomic mass is 9.86. The molecule has 1 aromatic heterocycles. The molecule has 1 heterocycles. The highest BCUT2D eigenvalue weighted by atomic mass is 32.1. The van der Waals surface area contributed by atoms with Gasteiger partial charge >= 0.3 is 0 Å². The van der Waals surface area contributed by atoms with Crippen molar-refractivity contribution in [3.05, 3.63) is 158 Å². The van der Waals surface area contributed by atoms with Crippen LogP contribution in [0.3, 0.4) is 0 Å². The topological polar surface area (TPSA) is 0 Å². The van der Waals surface area contributed by atoms with Gasteiger partial charge in [-0.25, -0.2) is 0 Å². The largest absolute Gasteiger partial charge is 0.135 e. The first-order valence-electron chi connectivity index (χ1n) is 14.8. The summed E-state index contributed by atoms with van der Waals surface area (Å²) in [5.41, 5.74) is 7.63. The van der Waals surface area contributed by atoms with Crippen LogP contribution in [0.15, 0.2) is 158 Å². The molecule has 0 atom stereocenters. The number of fused-ring (bicyclic) bond motifs is 7. The molecule has 0 nitrogen and oxygen atoms in total. The molecule has 0 bridgehead atoms. The van der Waals surface area contributed by atoms with Crippen molar-refractivity contribution in [1.82, 2.24) is 0 Å². The van der Waals surface area contributed by atoms with Gasteiger partial charge in [-0.3, -0.25) is 0 Å². The van der Waals surface area contributed by atoms with E-state index in [-0.39, 0.29) is 0 Å².